The van der Waals surface area contributed by atoms with Gasteiger partial charge in [0.15, 0.2) is 5.60 Å². The van der Waals surface area contributed by atoms with Gasteiger partial charge in [0, 0.05) is 0 Å². The maximum Gasteiger partial charge on any atom is 0.453 e. The van der Waals surface area contributed by atoms with E-state index in [1.165, 1.54) is 20.8 Å². The van der Waals surface area contributed by atoms with Crippen molar-refractivity contribution in [3.63, 3.8) is 0 Å². The van der Waals surface area contributed by atoms with E-state index in [1.807, 2.05) is 0 Å². The predicted octanol–water partition coefficient (Wildman–Crippen LogP) is 2.67. The van der Waals surface area contributed by atoms with Crippen LogP contribution in [-0.4, -0.2) is 34.4 Å². The number of hydrogen-bond donors (Lipinski definition) is 1. The van der Waals surface area contributed by atoms with Crippen molar-refractivity contribution in [1.82, 2.24) is 0 Å². The monoisotopic (exact) mass is 278 g/mol. The Kier molecular flexibility index (Phi) is 4.40. The highest BCUT2D eigenvalue weighted by molar-refractivity contribution is 5.79. The molecule has 0 amide bonds. The van der Waals surface area contributed by atoms with Crippen LogP contribution in [0.4, 0.5) is 22.0 Å². The second-order valence-corrected chi connectivity index (χ2v) is 5.15. The van der Waals surface area contributed by atoms with Gasteiger partial charge < -0.3 is 9.84 Å². The molecule has 0 bridgehead atoms. The standard InChI is InChI=1S/C10H15F5O3/c1-7(2,3)18-6(16)8(4,17)5-9(11,12)10(13,14)15/h17H,5H2,1-4H3. The minimum absolute atomic E-state index is 0.556. The zero-order valence-electron chi connectivity index (χ0n) is 10.4. The summed E-state index contributed by atoms with van der Waals surface area (Å²) in [5, 5.41) is 9.39. The van der Waals surface area contributed by atoms with Crippen molar-refractivity contribution in [1.29, 1.82) is 0 Å². The molecular weight excluding hydrogens is 263 g/mol. The Balaban J connectivity index is 4.92. The first-order valence-electron chi connectivity index (χ1n) is 4.99. The number of carbonyl (C=O) groups is 1. The fraction of sp³-hybridized carbons (Fsp3) is 0.900. The molecule has 0 saturated carbocycles. The molecule has 3 nitrogen and oxygen atoms in total. The molecular formula is C10H15F5O3. The number of alkyl halides is 5. The van der Waals surface area contributed by atoms with Crippen LogP contribution in [0.3, 0.4) is 0 Å². The molecule has 0 saturated heterocycles. The molecule has 0 fully saturated rings. The SMILES string of the molecule is CC(C)(C)OC(=O)C(C)(O)CC(F)(F)C(F)(F)F. The molecule has 0 aliphatic heterocycles. The van der Waals surface area contributed by atoms with Crippen molar-refractivity contribution < 1.29 is 36.6 Å². The van der Waals surface area contributed by atoms with Gasteiger partial charge in [0.25, 0.3) is 0 Å². The second-order valence-electron chi connectivity index (χ2n) is 5.15. The van der Waals surface area contributed by atoms with Crippen LogP contribution in [0.25, 0.3) is 0 Å². The maximum absolute atomic E-state index is 12.7. The van der Waals surface area contributed by atoms with E-state index < -0.39 is 35.7 Å². The Morgan fingerprint density at radius 2 is 1.44 bits per heavy atom. The summed E-state index contributed by atoms with van der Waals surface area (Å²) in [6, 6.07) is 0. The van der Waals surface area contributed by atoms with E-state index in [2.05, 4.69) is 4.74 Å². The van der Waals surface area contributed by atoms with Gasteiger partial charge in [0.05, 0.1) is 6.42 Å². The Morgan fingerprint density at radius 1 is 1.06 bits per heavy atom. The van der Waals surface area contributed by atoms with Crippen molar-refractivity contribution in [2.75, 3.05) is 0 Å². The third-order valence-corrected chi connectivity index (χ3v) is 1.82. The first-order valence-corrected chi connectivity index (χ1v) is 4.99. The molecule has 0 aliphatic carbocycles. The third kappa shape index (κ3) is 4.75. The average molecular weight is 278 g/mol. The number of ether oxygens (including phenoxy) is 1. The van der Waals surface area contributed by atoms with E-state index >= 15 is 0 Å². The topological polar surface area (TPSA) is 46.5 Å². The van der Waals surface area contributed by atoms with Crippen LogP contribution < -0.4 is 0 Å². The van der Waals surface area contributed by atoms with Gasteiger partial charge in [-0.05, 0) is 27.7 Å². The molecule has 1 atom stereocenters. The van der Waals surface area contributed by atoms with Gasteiger partial charge in [0.2, 0.25) is 0 Å². The Hall–Kier alpha value is -0.920. The van der Waals surface area contributed by atoms with E-state index in [0.717, 1.165) is 0 Å². The molecule has 0 aromatic carbocycles. The molecule has 0 rings (SSSR count). The molecule has 0 radical (unpaired) electrons. The molecule has 1 unspecified atom stereocenters. The molecule has 0 aromatic heterocycles. The van der Waals surface area contributed by atoms with Crippen molar-refractivity contribution in [2.24, 2.45) is 0 Å². The Bertz CT molecular complexity index is 314. The van der Waals surface area contributed by atoms with Gasteiger partial charge in [-0.3, -0.25) is 0 Å². The fourth-order valence-electron chi connectivity index (χ4n) is 0.993. The smallest absolute Gasteiger partial charge is 0.453 e. The van der Waals surface area contributed by atoms with Gasteiger partial charge in [-0.1, -0.05) is 0 Å². The second kappa shape index (κ2) is 4.64. The van der Waals surface area contributed by atoms with Gasteiger partial charge in [-0.25, -0.2) is 4.79 Å². The summed E-state index contributed by atoms with van der Waals surface area (Å²) >= 11 is 0. The molecule has 0 heterocycles. The summed E-state index contributed by atoms with van der Waals surface area (Å²) in [6.07, 6.45) is -7.92. The summed E-state index contributed by atoms with van der Waals surface area (Å²) < 4.78 is 65.9. The quantitative estimate of drug-likeness (QED) is 0.637. The number of carbonyl (C=O) groups excluding carboxylic acids is 1. The predicted molar refractivity (Wildman–Crippen MR) is 52.1 cm³/mol. The molecule has 8 heteroatoms. The van der Waals surface area contributed by atoms with Gasteiger partial charge in [-0.15, -0.1) is 0 Å². The van der Waals surface area contributed by atoms with Crippen LogP contribution in [-0.2, 0) is 9.53 Å². The van der Waals surface area contributed by atoms with Crippen LogP contribution in [0.5, 0.6) is 0 Å². The average Bonchev–Trinajstić information content (AvgIpc) is 1.95. The van der Waals surface area contributed by atoms with E-state index in [-0.39, 0.29) is 0 Å². The molecule has 1 N–H and O–H groups in total. The number of aliphatic hydroxyl groups is 1. The molecule has 0 spiro atoms. The van der Waals surface area contributed by atoms with Crippen LogP contribution in [0.2, 0.25) is 0 Å². The van der Waals surface area contributed by atoms with E-state index in [0.29, 0.717) is 6.92 Å². The van der Waals surface area contributed by atoms with Crippen molar-refractivity contribution in [2.45, 2.75) is 57.4 Å². The lowest BCUT2D eigenvalue weighted by molar-refractivity contribution is -0.295. The highest BCUT2D eigenvalue weighted by Gasteiger charge is 2.61. The molecule has 18 heavy (non-hydrogen) atoms. The van der Waals surface area contributed by atoms with Crippen LogP contribution in [0.15, 0.2) is 0 Å². The van der Waals surface area contributed by atoms with E-state index in [4.69, 9.17) is 0 Å². The Labute approximate surface area is 101 Å². The Morgan fingerprint density at radius 3 is 1.72 bits per heavy atom. The van der Waals surface area contributed by atoms with Crippen molar-refractivity contribution >= 4 is 5.97 Å². The number of rotatable bonds is 3. The fourth-order valence-corrected chi connectivity index (χ4v) is 0.993. The zero-order chi connectivity index (χ0) is 15.0. The van der Waals surface area contributed by atoms with Gasteiger partial charge in [-0.2, -0.15) is 22.0 Å². The summed E-state index contributed by atoms with van der Waals surface area (Å²) in [5.74, 6) is -6.70. The zero-order valence-corrected chi connectivity index (χ0v) is 10.4. The summed E-state index contributed by atoms with van der Waals surface area (Å²) in [5.41, 5.74) is -4.03. The summed E-state index contributed by atoms with van der Waals surface area (Å²) in [6.45, 7) is 4.73. The van der Waals surface area contributed by atoms with Crippen molar-refractivity contribution in [3.05, 3.63) is 0 Å². The molecule has 108 valence electrons. The lowest BCUT2D eigenvalue weighted by Gasteiger charge is -2.30. The highest BCUT2D eigenvalue weighted by atomic mass is 19.4. The maximum atomic E-state index is 12.7. The lowest BCUT2D eigenvalue weighted by Crippen LogP contribution is -2.49. The summed E-state index contributed by atoms with van der Waals surface area (Å²) in [7, 11) is 0. The van der Waals surface area contributed by atoms with E-state index in [9.17, 15) is 31.9 Å². The lowest BCUT2D eigenvalue weighted by atomic mass is 9.97. The van der Waals surface area contributed by atoms with E-state index in [1.54, 1.807) is 0 Å². The van der Waals surface area contributed by atoms with Crippen LogP contribution >= 0.6 is 0 Å². The highest BCUT2D eigenvalue weighted by Crippen LogP contribution is 2.41. The molecule has 0 aliphatic rings. The molecule has 0 aromatic rings. The minimum atomic E-state index is -5.83. The number of hydrogen-bond acceptors (Lipinski definition) is 3. The number of esters is 1. The normalized spacial score (nSPS) is 17.2. The largest absolute Gasteiger partial charge is 0.458 e. The third-order valence-electron chi connectivity index (χ3n) is 1.82. The number of halogens is 5. The van der Waals surface area contributed by atoms with Crippen LogP contribution in [0, 0.1) is 0 Å². The van der Waals surface area contributed by atoms with Crippen molar-refractivity contribution in [3.8, 4) is 0 Å². The van der Waals surface area contributed by atoms with Gasteiger partial charge in [0.1, 0.15) is 5.60 Å². The van der Waals surface area contributed by atoms with Gasteiger partial charge >= 0.3 is 18.1 Å². The van der Waals surface area contributed by atoms with Crippen LogP contribution in [0.1, 0.15) is 34.1 Å². The first kappa shape index (κ1) is 17.1. The first-order chi connectivity index (χ1) is 7.58. The minimum Gasteiger partial charge on any atom is -0.458 e. The summed E-state index contributed by atoms with van der Waals surface area (Å²) in [4.78, 5) is 11.3.